The van der Waals surface area contributed by atoms with Crippen LogP contribution in [0.3, 0.4) is 0 Å². The lowest BCUT2D eigenvalue weighted by molar-refractivity contribution is 0.348. The molecule has 38 heteroatoms. The lowest BCUT2D eigenvalue weighted by atomic mass is 10.1. The number of furan rings is 2. The smallest absolute Gasteiger partial charge is 0.347 e. The summed E-state index contributed by atoms with van der Waals surface area (Å²) in [7, 11) is 3.13. The maximum atomic E-state index is 12.2. The fraction of sp³-hybridized carbons (Fsp3) is 0.167. The van der Waals surface area contributed by atoms with Crippen molar-refractivity contribution in [2.45, 2.75) is 97.1 Å². The number of hydrogen-bond donors (Lipinski definition) is 5. The highest BCUT2D eigenvalue weighted by Gasteiger charge is 2.30. The van der Waals surface area contributed by atoms with Crippen molar-refractivity contribution in [3.05, 3.63) is 324 Å². The third-order valence-corrected chi connectivity index (χ3v) is 24.0. The molecule has 24 rings (SSSR count). The van der Waals surface area contributed by atoms with Crippen molar-refractivity contribution in [3.63, 3.8) is 0 Å². The molecule has 0 saturated heterocycles. The molecule has 15 aromatic heterocycles. The van der Waals surface area contributed by atoms with Crippen molar-refractivity contribution >= 4 is 130 Å². The first-order valence-electron chi connectivity index (χ1n) is 45.1. The number of oxazole rings is 1. The number of fused-ring (bicyclic) bond motifs is 6. The normalized spacial score (nSPS) is 12.7. The van der Waals surface area contributed by atoms with Crippen LogP contribution >= 0.6 is 23.8 Å². The second kappa shape index (κ2) is 40.8. The summed E-state index contributed by atoms with van der Waals surface area (Å²) >= 11 is 11.8. The van der Waals surface area contributed by atoms with Gasteiger partial charge in [0.1, 0.15) is 64.6 Å². The quantitative estimate of drug-likeness (QED) is 0.0225. The van der Waals surface area contributed by atoms with Crippen molar-refractivity contribution in [1.29, 1.82) is 0 Å². The largest absolute Gasteiger partial charge is 0.480 e. The Labute approximate surface area is 808 Å². The number of pyridine rings is 2. The Bertz CT molecular complexity index is 8080. The number of nitrogen functional groups attached to an aromatic ring is 1. The minimum atomic E-state index is -0.394. The van der Waals surface area contributed by atoms with Crippen molar-refractivity contribution in [3.8, 4) is 75.2 Å². The number of ether oxygens (including phenoxy) is 5. The van der Waals surface area contributed by atoms with E-state index in [-0.39, 0.29) is 11.2 Å². The molecule has 0 radical (unpaired) electrons. The molecule has 698 valence electrons. The zero-order valence-electron chi connectivity index (χ0n) is 76.1. The topological polar surface area (TPSA) is 424 Å². The van der Waals surface area contributed by atoms with Gasteiger partial charge in [0.05, 0.1) is 82.6 Å². The van der Waals surface area contributed by atoms with Crippen LogP contribution in [0.15, 0.2) is 287 Å². The van der Waals surface area contributed by atoms with E-state index in [1.54, 1.807) is 109 Å². The number of H-pyrrole nitrogens is 1. The van der Waals surface area contributed by atoms with E-state index in [4.69, 9.17) is 86.9 Å². The lowest BCUT2D eigenvalue weighted by Crippen LogP contribution is -2.14. The first kappa shape index (κ1) is 90.1. The molecule has 0 unspecified atom stereocenters. The number of rotatable bonds is 23. The molecule has 0 amide bonds. The molecule has 0 bridgehead atoms. The standard InChI is InChI=1S/C26H20N6O2.C24H20N6O2.C20H15N5O4.C18H17ClN4S.C14H16N6O/c1-33-26-23-24(31-32(25(23)28-16-29-26)19-11-13-27-14-12-19)30-18-7-4-8-20(15-18)34-22-10-3-6-17-5-2-9-21(17)22;1-2-19-21-22(26-16-11-13-18(14-12-16)32-20-10-6-7-15-25-20)29-30(17-8-4-3-5-9-17)23(21)28-24(31)27-19;1-26-20-17-18(24-25(13-8-10-27-11-13)19(17)21-12-22-20)23-14-5-2-3-6-15(14)29-16-7-4-9-28-16;1-11-5-4-6-12(9-11)16(24)15-14-10-20-18(19)21-17(14)23(22-15)13-7-2-3-8-13;1-8-7-21-13(17-8)11-10-6-16-14(15)18-12(10)20(19-11)9-4-2-3-5-9/h2-8,10-16H,9H2,1H3,(H,30,31);3-15H,2H2,1H3,(H,26,29)(H,27,28,31);2-12H,1H3,(H,23,24);4-6,9-10,13H,2-3,7-8H2,1H3;6-7,9H,2-5H2,1H3,(H2,15,16,18). The predicted molar refractivity (Wildman–Crippen MR) is 534 cm³/mol. The molecule has 0 spiro atoms. The molecule has 6 aromatic carbocycles. The number of thiocarbonyl (C=S) groups is 1. The van der Waals surface area contributed by atoms with Crippen LogP contribution in [-0.4, -0.2) is 133 Å². The highest BCUT2D eigenvalue weighted by molar-refractivity contribution is 7.81. The maximum absolute atomic E-state index is 12.2. The van der Waals surface area contributed by atoms with Crippen molar-refractivity contribution in [2.75, 3.05) is 35.9 Å². The molecule has 3 aliphatic rings. The third-order valence-electron chi connectivity index (χ3n) is 23.4. The van der Waals surface area contributed by atoms with E-state index in [0.717, 1.165) is 127 Å². The second-order valence-electron chi connectivity index (χ2n) is 32.6. The average Bonchev–Trinajstić information content (AvgIpc) is 1.63. The SMILES string of the molecule is CCc1[nH]c(=O)nc2c1c(Nc1ccc(Oc3ccccn3)cc1)nn2-c1ccccc1.COc1ncnc2c1c(Nc1cccc(Oc3cccc4c3CC=C4)c1)nn2-c1ccncc1.COc1ncnc2c1c(Nc1ccccc1Oc1ccco1)nn2-c1ccoc1.Cc1cccc(C(=S)c2nn(C3CCCC3)c3nc(Cl)ncc23)c1.Cc1coc(-c2nn(C3CCCC3)c3nc(N)ncc23)n1. The first-order valence-corrected chi connectivity index (χ1v) is 45.9. The van der Waals surface area contributed by atoms with Gasteiger partial charge < -0.3 is 63.6 Å². The van der Waals surface area contributed by atoms with Gasteiger partial charge in [-0.25, -0.2) is 68.1 Å². The van der Waals surface area contributed by atoms with Crippen molar-refractivity contribution in [2.24, 2.45) is 0 Å². The number of methoxy groups -OCH3 is 2. The maximum Gasteiger partial charge on any atom is 0.347 e. The van der Waals surface area contributed by atoms with Crippen LogP contribution in [0.4, 0.5) is 40.5 Å². The Morgan fingerprint density at radius 3 is 1.91 bits per heavy atom. The summed E-state index contributed by atoms with van der Waals surface area (Å²) in [6.45, 7) is 5.93. The van der Waals surface area contributed by atoms with Gasteiger partial charge in [0.15, 0.2) is 57.1 Å². The molecule has 0 atom stereocenters. The van der Waals surface area contributed by atoms with Gasteiger partial charge in [-0.3, -0.25) is 4.98 Å². The van der Waals surface area contributed by atoms with Crippen LogP contribution in [0.25, 0.3) is 89.9 Å². The minimum absolute atomic E-state index is 0.245. The van der Waals surface area contributed by atoms with Gasteiger partial charge in [-0.15, -0.1) is 15.3 Å². The van der Waals surface area contributed by atoms with Gasteiger partial charge in [0.2, 0.25) is 34.8 Å². The Morgan fingerprint density at radius 2 is 1.21 bits per heavy atom. The molecule has 3 aliphatic carbocycles. The fourth-order valence-electron chi connectivity index (χ4n) is 16.9. The molecular weight excluding hydrogens is 1810 g/mol. The zero-order valence-corrected chi connectivity index (χ0v) is 77.7. The molecule has 21 aromatic rings. The Morgan fingerprint density at radius 1 is 0.543 bits per heavy atom. The van der Waals surface area contributed by atoms with Crippen LogP contribution in [0.5, 0.6) is 46.6 Å². The number of benzene rings is 6. The summed E-state index contributed by atoms with van der Waals surface area (Å²) in [5.41, 5.74) is 20.9. The monoisotopic (exact) mass is 1900 g/mol. The zero-order chi connectivity index (χ0) is 95.5. The van der Waals surface area contributed by atoms with E-state index in [1.165, 1.54) is 55.0 Å². The number of aryl methyl sites for hydroxylation is 3. The number of allylic oxidation sites excluding steroid dienone is 1. The van der Waals surface area contributed by atoms with Gasteiger partial charge >= 0.3 is 5.69 Å². The molecular formula is C102H88ClN27O9S. The number of halogens is 1. The van der Waals surface area contributed by atoms with Crippen LogP contribution in [0.2, 0.25) is 5.28 Å². The summed E-state index contributed by atoms with van der Waals surface area (Å²) in [6, 6.07) is 61.9. The van der Waals surface area contributed by atoms with Crippen molar-refractivity contribution in [1.82, 2.24) is 114 Å². The molecule has 0 aliphatic heterocycles. The highest BCUT2D eigenvalue weighted by atomic mass is 35.5. The van der Waals surface area contributed by atoms with E-state index in [0.29, 0.717) is 116 Å². The summed E-state index contributed by atoms with van der Waals surface area (Å²) < 4.78 is 53.8. The number of aromatic nitrogens is 23. The number of anilines is 7. The number of aromatic amines is 1. The third kappa shape index (κ3) is 19.5. The number of nitrogens with zero attached hydrogens (tertiary/aromatic N) is 22. The van der Waals surface area contributed by atoms with Crippen LogP contribution in [-0.2, 0) is 12.8 Å². The van der Waals surface area contributed by atoms with E-state index < -0.39 is 5.69 Å². The number of para-hydroxylation sites is 3. The molecule has 2 fully saturated rings. The lowest BCUT2D eigenvalue weighted by Gasteiger charge is -2.12. The minimum Gasteiger partial charge on any atom is -0.480 e. The summed E-state index contributed by atoms with van der Waals surface area (Å²) in [6.07, 6.45) is 32.9. The van der Waals surface area contributed by atoms with Gasteiger partial charge in [0.25, 0.3) is 5.95 Å². The Kier molecular flexibility index (Phi) is 26.3. The van der Waals surface area contributed by atoms with E-state index >= 15 is 0 Å². The van der Waals surface area contributed by atoms with Gasteiger partial charge in [0, 0.05) is 77.9 Å². The van der Waals surface area contributed by atoms with Crippen molar-refractivity contribution < 1.29 is 36.9 Å². The predicted octanol–water partition coefficient (Wildman–Crippen LogP) is 21.6. The van der Waals surface area contributed by atoms with Crippen LogP contribution in [0.1, 0.15) is 110 Å². The second-order valence-corrected chi connectivity index (χ2v) is 33.3. The Hall–Kier alpha value is -17.7. The van der Waals surface area contributed by atoms with Gasteiger partial charge in [-0.2, -0.15) is 25.1 Å². The average molecular weight is 1900 g/mol. The molecule has 15 heterocycles. The molecule has 6 N–H and O–H groups in total. The van der Waals surface area contributed by atoms with E-state index in [2.05, 4.69) is 123 Å². The number of nitrogens with two attached hydrogens (primary N) is 1. The van der Waals surface area contributed by atoms with Gasteiger partial charge in [-0.1, -0.05) is 141 Å². The van der Waals surface area contributed by atoms with Crippen LogP contribution in [0, 0.1) is 13.8 Å². The van der Waals surface area contributed by atoms with E-state index in [1.807, 2.05) is 175 Å². The molecule has 2 saturated carbocycles. The molecule has 140 heavy (non-hydrogen) atoms. The number of hydrogen-bond acceptors (Lipinski definition) is 31. The molecule has 36 nitrogen and oxygen atoms in total. The summed E-state index contributed by atoms with van der Waals surface area (Å²) in [4.78, 5) is 66.9. The summed E-state index contributed by atoms with van der Waals surface area (Å²) in [5.74, 6) is 7.05. The number of nitrogens with one attached hydrogen (secondary N) is 4. The van der Waals surface area contributed by atoms with Gasteiger partial charge in [-0.05, 0) is 166 Å². The highest BCUT2D eigenvalue weighted by Crippen LogP contribution is 2.42. The first-order chi connectivity index (χ1) is 68.7. The van der Waals surface area contributed by atoms with Crippen LogP contribution < -0.4 is 51.1 Å². The summed E-state index contributed by atoms with van der Waals surface area (Å²) in [5, 5.41) is 37.8. The van der Waals surface area contributed by atoms with E-state index in [9.17, 15) is 4.79 Å². The fourth-order valence-corrected chi connectivity index (χ4v) is 17.3. The Balaban J connectivity index is 0.000000108.